The van der Waals surface area contributed by atoms with Crippen molar-refractivity contribution in [3.8, 4) is 5.82 Å². The average molecular weight is 281 g/mol. The molecule has 0 unspecified atom stereocenters. The molecule has 0 spiro atoms. The molecule has 80 valence electrons. The van der Waals surface area contributed by atoms with Crippen molar-refractivity contribution in [2.24, 2.45) is 0 Å². The molecule has 0 atom stereocenters. The van der Waals surface area contributed by atoms with Gasteiger partial charge < -0.3 is 5.73 Å². The summed E-state index contributed by atoms with van der Waals surface area (Å²) < 4.78 is 3.58. The van der Waals surface area contributed by atoms with Crippen molar-refractivity contribution in [2.45, 2.75) is 0 Å². The van der Waals surface area contributed by atoms with E-state index in [0.717, 1.165) is 0 Å². The predicted molar refractivity (Wildman–Crippen MR) is 57.8 cm³/mol. The maximum atomic E-state index is 5.62. The lowest BCUT2D eigenvalue weighted by Crippen LogP contribution is -2.04. The van der Waals surface area contributed by atoms with E-state index in [1.807, 2.05) is 0 Å². The van der Waals surface area contributed by atoms with Gasteiger partial charge in [-0.1, -0.05) is 0 Å². The van der Waals surface area contributed by atoms with Crippen LogP contribution in [-0.2, 0) is 0 Å². The molecule has 16 heavy (non-hydrogen) atoms. The van der Waals surface area contributed by atoms with Crippen LogP contribution in [0.25, 0.3) is 11.5 Å². The molecule has 0 aliphatic rings. The molecule has 0 aromatic carbocycles. The smallest absolute Gasteiger partial charge is 0.200 e. The number of hydrogen-bond donors (Lipinski definition) is 1. The Morgan fingerprint density at radius 1 is 1.25 bits per heavy atom. The minimum absolute atomic E-state index is 0.401. The maximum absolute atomic E-state index is 5.62. The zero-order valence-corrected chi connectivity index (χ0v) is 9.40. The zero-order chi connectivity index (χ0) is 11.1. The highest BCUT2D eigenvalue weighted by molar-refractivity contribution is 9.10. The summed E-state index contributed by atoms with van der Waals surface area (Å²) in [6, 6.07) is 3.50. The molecule has 0 aliphatic heterocycles. The SMILES string of the molecule is Nc1nn(-c2ccc3nnnn3n2)cc1Br. The van der Waals surface area contributed by atoms with E-state index in [1.54, 1.807) is 23.0 Å². The van der Waals surface area contributed by atoms with E-state index < -0.39 is 0 Å². The van der Waals surface area contributed by atoms with Crippen LogP contribution in [0.4, 0.5) is 5.82 Å². The molecular weight excluding hydrogens is 276 g/mol. The number of halogens is 1. The summed E-state index contributed by atoms with van der Waals surface area (Å²) in [4.78, 5) is 0. The Morgan fingerprint density at radius 3 is 2.88 bits per heavy atom. The van der Waals surface area contributed by atoms with Crippen molar-refractivity contribution in [3.05, 3.63) is 22.8 Å². The largest absolute Gasteiger partial charge is 0.381 e. The van der Waals surface area contributed by atoms with E-state index in [9.17, 15) is 0 Å². The monoisotopic (exact) mass is 280 g/mol. The van der Waals surface area contributed by atoms with Gasteiger partial charge in [-0.3, -0.25) is 0 Å². The van der Waals surface area contributed by atoms with Gasteiger partial charge in [0.1, 0.15) is 0 Å². The van der Waals surface area contributed by atoms with Crippen LogP contribution in [0.2, 0.25) is 0 Å². The van der Waals surface area contributed by atoms with Gasteiger partial charge in [-0.05, 0) is 38.5 Å². The molecule has 0 fully saturated rings. The topological polar surface area (TPSA) is 99.8 Å². The van der Waals surface area contributed by atoms with Gasteiger partial charge in [0, 0.05) is 6.20 Å². The molecule has 3 heterocycles. The van der Waals surface area contributed by atoms with Gasteiger partial charge in [0.2, 0.25) is 0 Å². The molecule has 0 amide bonds. The first kappa shape index (κ1) is 9.21. The molecule has 3 aromatic heterocycles. The van der Waals surface area contributed by atoms with E-state index in [4.69, 9.17) is 5.73 Å². The average Bonchev–Trinajstić information content (AvgIpc) is 2.85. The van der Waals surface area contributed by atoms with Crippen LogP contribution >= 0.6 is 15.9 Å². The predicted octanol–water partition coefficient (Wildman–Crippen LogP) is 0.0497. The van der Waals surface area contributed by atoms with Crippen molar-refractivity contribution in [1.29, 1.82) is 0 Å². The minimum Gasteiger partial charge on any atom is -0.381 e. The van der Waals surface area contributed by atoms with E-state index >= 15 is 0 Å². The minimum atomic E-state index is 0.401. The summed E-state index contributed by atoms with van der Waals surface area (Å²) in [6.07, 6.45) is 1.72. The first-order chi connectivity index (χ1) is 7.74. The Bertz CT molecular complexity index is 636. The fourth-order valence-electron chi connectivity index (χ4n) is 1.25. The second-order valence-corrected chi connectivity index (χ2v) is 3.88. The van der Waals surface area contributed by atoms with Crippen LogP contribution in [0.15, 0.2) is 22.8 Å². The van der Waals surface area contributed by atoms with Gasteiger partial charge in [0.25, 0.3) is 0 Å². The van der Waals surface area contributed by atoms with Crippen molar-refractivity contribution in [2.75, 3.05) is 5.73 Å². The molecule has 3 rings (SSSR count). The summed E-state index contributed by atoms with van der Waals surface area (Å²) >= 11 is 3.27. The van der Waals surface area contributed by atoms with Gasteiger partial charge in [-0.2, -0.15) is 0 Å². The lowest BCUT2D eigenvalue weighted by molar-refractivity contribution is 0.702. The Balaban J connectivity index is 2.17. The number of hydrogen-bond acceptors (Lipinski definition) is 6. The van der Waals surface area contributed by atoms with Crippen molar-refractivity contribution < 1.29 is 0 Å². The first-order valence-corrected chi connectivity index (χ1v) is 5.10. The van der Waals surface area contributed by atoms with Crippen LogP contribution in [0.1, 0.15) is 0 Å². The highest BCUT2D eigenvalue weighted by Gasteiger charge is 2.07. The molecule has 0 saturated heterocycles. The Hall–Kier alpha value is -2.03. The molecule has 0 saturated carbocycles. The molecule has 0 radical (unpaired) electrons. The summed E-state index contributed by atoms with van der Waals surface area (Å²) in [5.74, 6) is 0.982. The Kier molecular flexibility index (Phi) is 1.86. The molecule has 3 aromatic rings. The van der Waals surface area contributed by atoms with Crippen molar-refractivity contribution >= 4 is 27.4 Å². The van der Waals surface area contributed by atoms with Gasteiger partial charge >= 0.3 is 0 Å². The lowest BCUT2D eigenvalue weighted by atomic mass is 10.5. The molecule has 0 bridgehead atoms. The van der Waals surface area contributed by atoms with Gasteiger partial charge in [-0.15, -0.1) is 19.9 Å². The zero-order valence-electron chi connectivity index (χ0n) is 7.82. The summed E-state index contributed by atoms with van der Waals surface area (Å²) in [5, 5.41) is 19.2. The maximum Gasteiger partial charge on any atom is 0.200 e. The molecule has 8 nitrogen and oxygen atoms in total. The Labute approximate surface area is 97.2 Å². The summed E-state index contributed by atoms with van der Waals surface area (Å²) in [6.45, 7) is 0. The number of anilines is 1. The van der Waals surface area contributed by atoms with Crippen LogP contribution in [0.5, 0.6) is 0 Å². The van der Waals surface area contributed by atoms with E-state index in [-0.39, 0.29) is 0 Å². The summed E-state index contributed by atoms with van der Waals surface area (Å²) in [7, 11) is 0. The quantitative estimate of drug-likeness (QED) is 0.676. The number of aromatic nitrogens is 7. The number of nitrogens with zero attached hydrogens (tertiary/aromatic N) is 7. The molecule has 2 N–H and O–H groups in total. The fraction of sp³-hybridized carbons (Fsp3) is 0. The fourth-order valence-corrected chi connectivity index (χ4v) is 1.52. The second kappa shape index (κ2) is 3.23. The third kappa shape index (κ3) is 1.33. The highest BCUT2D eigenvalue weighted by atomic mass is 79.9. The van der Waals surface area contributed by atoms with E-state index in [0.29, 0.717) is 21.8 Å². The number of fused-ring (bicyclic) bond motifs is 1. The third-order valence-corrected chi connectivity index (χ3v) is 2.60. The molecule has 0 aliphatic carbocycles. The van der Waals surface area contributed by atoms with Crippen LogP contribution in [0, 0.1) is 0 Å². The second-order valence-electron chi connectivity index (χ2n) is 3.02. The number of rotatable bonds is 1. The van der Waals surface area contributed by atoms with E-state index in [1.165, 1.54) is 4.63 Å². The molecule has 9 heteroatoms. The van der Waals surface area contributed by atoms with Crippen molar-refractivity contribution in [1.82, 2.24) is 35.0 Å². The van der Waals surface area contributed by atoms with E-state index in [2.05, 4.69) is 41.7 Å². The third-order valence-electron chi connectivity index (χ3n) is 1.99. The number of nitrogens with two attached hydrogens (primary N) is 1. The summed E-state index contributed by atoms with van der Waals surface area (Å²) in [5.41, 5.74) is 6.19. The standard InChI is InChI=1S/C7H5BrN8/c8-4-3-15(12-7(4)9)6-2-1-5-10-13-14-16(5)11-6/h1-3H,(H2,9,12). The van der Waals surface area contributed by atoms with Crippen molar-refractivity contribution in [3.63, 3.8) is 0 Å². The van der Waals surface area contributed by atoms with Crippen LogP contribution < -0.4 is 5.73 Å². The van der Waals surface area contributed by atoms with Gasteiger partial charge in [-0.25, -0.2) is 4.68 Å². The van der Waals surface area contributed by atoms with Crippen LogP contribution in [-0.4, -0.2) is 35.0 Å². The van der Waals surface area contributed by atoms with Gasteiger partial charge in [0.05, 0.1) is 4.47 Å². The van der Waals surface area contributed by atoms with Gasteiger partial charge in [0.15, 0.2) is 17.3 Å². The number of nitrogen functional groups attached to an aromatic ring is 1. The Morgan fingerprint density at radius 2 is 2.12 bits per heavy atom. The van der Waals surface area contributed by atoms with Crippen LogP contribution in [0.3, 0.4) is 0 Å². The number of tetrazole rings is 1. The first-order valence-electron chi connectivity index (χ1n) is 4.30. The highest BCUT2D eigenvalue weighted by Crippen LogP contribution is 2.18. The lowest BCUT2D eigenvalue weighted by Gasteiger charge is -1.98. The normalized spacial score (nSPS) is 11.1. The molecular formula is C7H5BrN8.